The van der Waals surface area contributed by atoms with Crippen LogP contribution in [0.5, 0.6) is 11.5 Å². The molecular weight excluding hydrogens is 497 g/mol. The van der Waals surface area contributed by atoms with Crippen LogP contribution in [0.2, 0.25) is 0 Å². The Morgan fingerprint density at radius 3 is 2.50 bits per heavy atom. The smallest absolute Gasteiger partial charge is 0.262 e. The van der Waals surface area contributed by atoms with Gasteiger partial charge in [0.15, 0.2) is 11.5 Å². The highest BCUT2D eigenvalue weighted by atomic mass is 127. The van der Waals surface area contributed by atoms with Crippen LogP contribution in [0.15, 0.2) is 41.5 Å². The van der Waals surface area contributed by atoms with Crippen molar-refractivity contribution in [3.63, 3.8) is 0 Å². The quantitative estimate of drug-likeness (QED) is 0.280. The summed E-state index contributed by atoms with van der Waals surface area (Å²) in [5.74, 6) is -0.448. The van der Waals surface area contributed by atoms with Crippen LogP contribution in [0.1, 0.15) is 42.3 Å². The molecule has 0 bridgehead atoms. The molecule has 0 radical (unpaired) electrons. The second kappa shape index (κ2) is 11.0. The number of carbonyl (C=O) groups excluding carboxylic acids is 2. The lowest BCUT2D eigenvalue weighted by Gasteiger charge is -2.20. The second-order valence-corrected chi connectivity index (χ2v) is 8.24. The molecule has 0 spiro atoms. The van der Waals surface area contributed by atoms with Gasteiger partial charge in [-0.1, -0.05) is 31.5 Å². The fourth-order valence-corrected chi connectivity index (χ4v) is 3.26. The number of aromatic hydroxyl groups is 1. The SMILES string of the molecule is CCOc1cc(/C=N/NC(=O)C(NC(=O)c2ccc(C)cc2)C(C)C)cc(I)c1O. The van der Waals surface area contributed by atoms with Crippen LogP contribution in [0, 0.1) is 16.4 Å². The number of aryl methyl sites for hydroxylation is 1. The Balaban J connectivity index is 2.06. The van der Waals surface area contributed by atoms with E-state index in [4.69, 9.17) is 4.74 Å². The first-order valence-corrected chi connectivity index (χ1v) is 10.7. The number of hydrazone groups is 1. The van der Waals surface area contributed by atoms with Gasteiger partial charge in [-0.25, -0.2) is 5.43 Å². The summed E-state index contributed by atoms with van der Waals surface area (Å²) < 4.78 is 6.01. The number of carbonyl (C=O) groups is 2. The number of nitrogens with one attached hydrogen (secondary N) is 2. The Kier molecular flexibility index (Phi) is 8.64. The van der Waals surface area contributed by atoms with E-state index in [1.165, 1.54) is 6.21 Å². The number of rotatable bonds is 8. The summed E-state index contributed by atoms with van der Waals surface area (Å²) in [6.45, 7) is 7.87. The molecule has 0 aromatic heterocycles. The van der Waals surface area contributed by atoms with Crippen LogP contribution in [0.3, 0.4) is 0 Å². The standard InChI is InChI=1S/C22H26IN3O4/c1-5-30-18-11-15(10-17(23)20(18)27)12-24-26-22(29)19(13(2)3)25-21(28)16-8-6-14(4)7-9-16/h6-13,19,27H,5H2,1-4H3,(H,25,28)(H,26,29)/b24-12+. The zero-order valence-electron chi connectivity index (χ0n) is 17.4. The predicted molar refractivity (Wildman–Crippen MR) is 125 cm³/mol. The van der Waals surface area contributed by atoms with E-state index < -0.39 is 11.9 Å². The minimum atomic E-state index is -0.741. The fourth-order valence-electron chi connectivity index (χ4n) is 2.64. The predicted octanol–water partition coefficient (Wildman–Crippen LogP) is 3.61. The first-order valence-electron chi connectivity index (χ1n) is 9.58. The molecule has 0 saturated heterocycles. The zero-order chi connectivity index (χ0) is 22.3. The molecule has 30 heavy (non-hydrogen) atoms. The molecule has 2 amide bonds. The van der Waals surface area contributed by atoms with Crippen LogP contribution in [0.25, 0.3) is 0 Å². The molecule has 1 unspecified atom stereocenters. The number of nitrogens with zero attached hydrogens (tertiary/aromatic N) is 1. The van der Waals surface area contributed by atoms with E-state index in [0.717, 1.165) is 5.56 Å². The van der Waals surface area contributed by atoms with E-state index in [1.807, 2.05) is 62.4 Å². The molecule has 0 heterocycles. The number of hydrogen-bond acceptors (Lipinski definition) is 5. The molecule has 160 valence electrons. The summed E-state index contributed by atoms with van der Waals surface area (Å²) >= 11 is 1.99. The van der Waals surface area contributed by atoms with Crippen molar-refractivity contribution in [3.05, 3.63) is 56.7 Å². The number of phenolic OH excluding ortho intramolecular Hbond substituents is 1. The Labute approximate surface area is 190 Å². The molecule has 0 saturated carbocycles. The Bertz CT molecular complexity index is 927. The minimum Gasteiger partial charge on any atom is -0.504 e. The highest BCUT2D eigenvalue weighted by Crippen LogP contribution is 2.32. The summed E-state index contributed by atoms with van der Waals surface area (Å²) in [7, 11) is 0. The number of ether oxygens (including phenoxy) is 1. The van der Waals surface area contributed by atoms with Crippen molar-refractivity contribution in [3.8, 4) is 11.5 Å². The molecule has 0 fully saturated rings. The van der Waals surface area contributed by atoms with Gasteiger partial charge in [0.1, 0.15) is 6.04 Å². The van der Waals surface area contributed by atoms with Crippen LogP contribution < -0.4 is 15.5 Å². The number of benzene rings is 2. The van der Waals surface area contributed by atoms with Crippen LogP contribution in [0.4, 0.5) is 0 Å². The van der Waals surface area contributed by atoms with E-state index in [-0.39, 0.29) is 17.6 Å². The zero-order valence-corrected chi connectivity index (χ0v) is 19.6. The molecule has 2 rings (SSSR count). The van der Waals surface area contributed by atoms with Gasteiger partial charge in [-0.3, -0.25) is 9.59 Å². The largest absolute Gasteiger partial charge is 0.504 e. The third-order valence-corrected chi connectivity index (χ3v) is 5.11. The van der Waals surface area contributed by atoms with Crippen LogP contribution in [-0.4, -0.2) is 35.8 Å². The maximum Gasteiger partial charge on any atom is 0.262 e. The van der Waals surface area contributed by atoms with E-state index >= 15 is 0 Å². The van der Waals surface area contributed by atoms with Gasteiger partial charge in [0.05, 0.1) is 16.4 Å². The first kappa shape index (κ1) is 23.7. The summed E-state index contributed by atoms with van der Waals surface area (Å²) in [5, 5.41) is 16.8. The van der Waals surface area contributed by atoms with Crippen molar-refractivity contribution in [1.82, 2.24) is 10.7 Å². The van der Waals surface area contributed by atoms with Crippen molar-refractivity contribution in [2.75, 3.05) is 6.61 Å². The molecule has 3 N–H and O–H groups in total. The molecule has 0 aliphatic heterocycles. The fraction of sp³-hybridized carbons (Fsp3) is 0.318. The van der Waals surface area contributed by atoms with Crippen molar-refractivity contribution in [2.24, 2.45) is 11.0 Å². The van der Waals surface area contributed by atoms with Gasteiger partial charge in [0.2, 0.25) is 0 Å². The highest BCUT2D eigenvalue weighted by Gasteiger charge is 2.24. The number of halogens is 1. The van der Waals surface area contributed by atoms with Gasteiger partial charge in [-0.2, -0.15) is 5.10 Å². The minimum absolute atomic E-state index is 0.0670. The maximum absolute atomic E-state index is 12.6. The lowest BCUT2D eigenvalue weighted by molar-refractivity contribution is -0.123. The van der Waals surface area contributed by atoms with E-state index in [9.17, 15) is 14.7 Å². The third-order valence-electron chi connectivity index (χ3n) is 4.29. The van der Waals surface area contributed by atoms with E-state index in [0.29, 0.717) is 27.1 Å². The van der Waals surface area contributed by atoms with Gasteiger partial charge in [0.25, 0.3) is 11.8 Å². The summed E-state index contributed by atoms with van der Waals surface area (Å²) in [6, 6.07) is 9.75. The van der Waals surface area contributed by atoms with Gasteiger partial charge >= 0.3 is 0 Å². The van der Waals surface area contributed by atoms with E-state index in [2.05, 4.69) is 15.8 Å². The average Bonchev–Trinajstić information content (AvgIpc) is 2.70. The van der Waals surface area contributed by atoms with Gasteiger partial charge in [0, 0.05) is 5.56 Å². The Hall–Kier alpha value is -2.62. The molecular formula is C22H26IN3O4. The molecule has 0 aliphatic rings. The summed E-state index contributed by atoms with van der Waals surface area (Å²) in [5.41, 5.74) is 4.67. The maximum atomic E-state index is 12.6. The van der Waals surface area contributed by atoms with Crippen LogP contribution >= 0.6 is 22.6 Å². The van der Waals surface area contributed by atoms with Crippen molar-refractivity contribution >= 4 is 40.6 Å². The second-order valence-electron chi connectivity index (χ2n) is 7.08. The summed E-state index contributed by atoms with van der Waals surface area (Å²) in [4.78, 5) is 25.1. The van der Waals surface area contributed by atoms with Crippen LogP contribution in [-0.2, 0) is 4.79 Å². The molecule has 8 heteroatoms. The van der Waals surface area contributed by atoms with Gasteiger partial charge in [-0.05, 0) is 72.2 Å². The Morgan fingerprint density at radius 2 is 1.90 bits per heavy atom. The lowest BCUT2D eigenvalue weighted by atomic mass is 10.0. The van der Waals surface area contributed by atoms with Crippen molar-refractivity contribution < 1.29 is 19.4 Å². The number of phenols is 1. The van der Waals surface area contributed by atoms with E-state index in [1.54, 1.807) is 24.3 Å². The van der Waals surface area contributed by atoms with Gasteiger partial charge < -0.3 is 15.2 Å². The molecule has 2 aromatic rings. The highest BCUT2D eigenvalue weighted by molar-refractivity contribution is 14.1. The Morgan fingerprint density at radius 1 is 1.23 bits per heavy atom. The van der Waals surface area contributed by atoms with Gasteiger partial charge in [-0.15, -0.1) is 0 Å². The molecule has 0 aliphatic carbocycles. The van der Waals surface area contributed by atoms with Crippen molar-refractivity contribution in [2.45, 2.75) is 33.7 Å². The number of amides is 2. The summed E-state index contributed by atoms with van der Waals surface area (Å²) in [6.07, 6.45) is 1.46. The molecule has 2 aromatic carbocycles. The topological polar surface area (TPSA) is 100 Å². The normalized spacial score (nSPS) is 12.1. The molecule has 7 nitrogen and oxygen atoms in total. The van der Waals surface area contributed by atoms with Crippen molar-refractivity contribution in [1.29, 1.82) is 0 Å². The number of hydrogen-bond donors (Lipinski definition) is 3. The third kappa shape index (κ3) is 6.45. The molecule has 1 atom stereocenters. The lowest BCUT2D eigenvalue weighted by Crippen LogP contribution is -2.48. The average molecular weight is 523 g/mol. The first-order chi connectivity index (χ1) is 14.2. The monoisotopic (exact) mass is 523 g/mol.